The molecule has 0 aliphatic heterocycles. The van der Waals surface area contributed by atoms with Gasteiger partial charge in [0.05, 0.1) is 0 Å². The van der Waals surface area contributed by atoms with Crippen LogP contribution in [0.1, 0.15) is 27.6 Å². The Bertz CT molecular complexity index is 914. The van der Waals surface area contributed by atoms with Crippen LogP contribution in [0.4, 0.5) is 4.39 Å². The number of carbonyl (C=O) groups excluding carboxylic acids is 2. The van der Waals surface area contributed by atoms with Crippen LogP contribution in [0.15, 0.2) is 73.1 Å². The van der Waals surface area contributed by atoms with Gasteiger partial charge in [0.2, 0.25) is 0 Å². The third-order valence-corrected chi connectivity index (χ3v) is 3.44. The molecule has 3 rings (SSSR count). The number of rotatable bonds is 4. The molecule has 1 aromatic heterocycles. The van der Waals surface area contributed by atoms with E-state index in [0.717, 1.165) is 0 Å². The predicted molar refractivity (Wildman–Crippen MR) is 101 cm³/mol. The Kier molecular flexibility index (Phi) is 7.19. The van der Waals surface area contributed by atoms with Crippen molar-refractivity contribution in [3.05, 3.63) is 90.0 Å². The Morgan fingerprint density at radius 3 is 2.22 bits per heavy atom. The molecule has 5 nitrogen and oxygen atoms in total. The number of benzene rings is 2. The molecule has 2 aromatic carbocycles. The van der Waals surface area contributed by atoms with E-state index in [1.54, 1.807) is 48.8 Å². The Morgan fingerprint density at radius 1 is 0.926 bits per heavy atom. The van der Waals surface area contributed by atoms with Crippen LogP contribution in [0, 0.1) is 5.82 Å². The van der Waals surface area contributed by atoms with Crippen molar-refractivity contribution in [1.82, 2.24) is 10.3 Å². The Labute approximate surface area is 156 Å². The molecule has 0 aliphatic rings. The van der Waals surface area contributed by atoms with Crippen LogP contribution < -0.4 is 10.1 Å². The average molecular weight is 366 g/mol. The molecule has 0 aliphatic carbocycles. The van der Waals surface area contributed by atoms with E-state index in [4.69, 9.17) is 4.74 Å². The standard InChI is InChI=1S/C13H11NO2.C8H8FNO/c1-10(15)11-3-2-4-13(9-11)16-12-5-7-14-8-6-12;1-10-8(11)6-3-2-4-7(9)5-6/h2-9H,1H3;2-5H,1H3,(H,10,11). The lowest BCUT2D eigenvalue weighted by Gasteiger charge is -2.05. The molecule has 1 heterocycles. The molecular formula is C21H19FN2O3. The van der Waals surface area contributed by atoms with Gasteiger partial charge in [-0.05, 0) is 49.4 Å². The molecule has 0 bridgehead atoms. The summed E-state index contributed by atoms with van der Waals surface area (Å²) in [5.74, 6) is 0.713. The number of amides is 1. The highest BCUT2D eigenvalue weighted by Crippen LogP contribution is 2.21. The summed E-state index contributed by atoms with van der Waals surface area (Å²) in [6.07, 6.45) is 3.31. The molecule has 0 radical (unpaired) electrons. The Hall–Kier alpha value is -3.54. The zero-order chi connectivity index (χ0) is 19.6. The number of hydrogen-bond acceptors (Lipinski definition) is 4. The van der Waals surface area contributed by atoms with Crippen molar-refractivity contribution in [2.75, 3.05) is 7.05 Å². The second kappa shape index (κ2) is 9.82. The minimum Gasteiger partial charge on any atom is -0.457 e. The van der Waals surface area contributed by atoms with Crippen LogP contribution in [0.2, 0.25) is 0 Å². The van der Waals surface area contributed by atoms with E-state index in [9.17, 15) is 14.0 Å². The maximum atomic E-state index is 12.5. The summed E-state index contributed by atoms with van der Waals surface area (Å²) >= 11 is 0. The number of hydrogen-bond donors (Lipinski definition) is 1. The third-order valence-electron chi connectivity index (χ3n) is 3.44. The lowest BCUT2D eigenvalue weighted by atomic mass is 10.1. The molecule has 0 unspecified atom stereocenters. The molecule has 0 atom stereocenters. The minimum atomic E-state index is -0.397. The van der Waals surface area contributed by atoms with Crippen molar-refractivity contribution >= 4 is 11.7 Å². The number of Topliss-reactive ketones (excluding diaryl/α,β-unsaturated/α-hetero) is 1. The molecule has 0 saturated carbocycles. The maximum Gasteiger partial charge on any atom is 0.251 e. The topological polar surface area (TPSA) is 68.3 Å². The van der Waals surface area contributed by atoms with Gasteiger partial charge in [-0.3, -0.25) is 14.6 Å². The zero-order valence-corrected chi connectivity index (χ0v) is 15.0. The summed E-state index contributed by atoms with van der Waals surface area (Å²) in [6, 6.07) is 16.2. The fourth-order valence-corrected chi connectivity index (χ4v) is 2.09. The van der Waals surface area contributed by atoms with Crippen molar-refractivity contribution in [1.29, 1.82) is 0 Å². The Balaban J connectivity index is 0.000000208. The molecule has 3 aromatic rings. The second-order valence-corrected chi connectivity index (χ2v) is 5.46. The molecule has 138 valence electrons. The fourth-order valence-electron chi connectivity index (χ4n) is 2.09. The van der Waals surface area contributed by atoms with Crippen LogP contribution in [-0.4, -0.2) is 23.7 Å². The third kappa shape index (κ3) is 6.36. The van der Waals surface area contributed by atoms with Gasteiger partial charge in [-0.15, -0.1) is 0 Å². The normalized spacial score (nSPS) is 9.59. The summed E-state index contributed by atoms with van der Waals surface area (Å²) in [5.41, 5.74) is 0.985. The quantitative estimate of drug-likeness (QED) is 0.701. The van der Waals surface area contributed by atoms with Crippen molar-refractivity contribution < 1.29 is 18.7 Å². The first-order valence-corrected chi connectivity index (χ1v) is 8.16. The van der Waals surface area contributed by atoms with E-state index in [1.807, 2.05) is 6.07 Å². The van der Waals surface area contributed by atoms with E-state index in [1.165, 1.54) is 32.2 Å². The SMILES string of the molecule is CC(=O)c1cccc(Oc2ccncc2)c1.CNC(=O)c1cccc(F)c1. The predicted octanol–water partition coefficient (Wildman–Crippen LogP) is 4.26. The first-order valence-electron chi connectivity index (χ1n) is 8.16. The summed E-state index contributed by atoms with van der Waals surface area (Å²) in [5, 5.41) is 2.40. The van der Waals surface area contributed by atoms with Crippen molar-refractivity contribution in [2.24, 2.45) is 0 Å². The number of nitrogens with zero attached hydrogens (tertiary/aromatic N) is 1. The number of aromatic nitrogens is 1. The first kappa shape index (κ1) is 19.8. The van der Waals surface area contributed by atoms with Gasteiger partial charge < -0.3 is 10.1 Å². The molecule has 0 saturated heterocycles. The summed E-state index contributed by atoms with van der Waals surface area (Å²) in [4.78, 5) is 26.0. The van der Waals surface area contributed by atoms with Gasteiger partial charge in [0, 0.05) is 30.6 Å². The van der Waals surface area contributed by atoms with Gasteiger partial charge in [-0.1, -0.05) is 18.2 Å². The fraction of sp³-hybridized carbons (Fsp3) is 0.0952. The molecule has 0 spiro atoms. The second-order valence-electron chi connectivity index (χ2n) is 5.46. The largest absolute Gasteiger partial charge is 0.457 e. The van der Waals surface area contributed by atoms with E-state index in [0.29, 0.717) is 22.6 Å². The van der Waals surface area contributed by atoms with Crippen molar-refractivity contribution in [3.63, 3.8) is 0 Å². The number of ether oxygens (including phenoxy) is 1. The molecule has 1 amide bonds. The molecule has 1 N–H and O–H groups in total. The highest BCUT2D eigenvalue weighted by atomic mass is 19.1. The van der Waals surface area contributed by atoms with E-state index < -0.39 is 5.82 Å². The molecule has 0 fully saturated rings. The van der Waals surface area contributed by atoms with E-state index in [2.05, 4.69) is 10.3 Å². The van der Waals surface area contributed by atoms with Crippen LogP contribution in [0.5, 0.6) is 11.5 Å². The zero-order valence-electron chi connectivity index (χ0n) is 15.0. The number of pyridine rings is 1. The van der Waals surface area contributed by atoms with Gasteiger partial charge in [0.25, 0.3) is 5.91 Å². The van der Waals surface area contributed by atoms with Crippen LogP contribution in [0.3, 0.4) is 0 Å². The first-order chi connectivity index (χ1) is 13.0. The average Bonchev–Trinajstić information content (AvgIpc) is 2.69. The summed E-state index contributed by atoms with van der Waals surface area (Å²) in [6.45, 7) is 1.53. The van der Waals surface area contributed by atoms with Gasteiger partial charge in [-0.2, -0.15) is 0 Å². The smallest absolute Gasteiger partial charge is 0.251 e. The van der Waals surface area contributed by atoms with Gasteiger partial charge in [0.15, 0.2) is 5.78 Å². The highest BCUT2D eigenvalue weighted by molar-refractivity contribution is 5.94. The lowest BCUT2D eigenvalue weighted by Crippen LogP contribution is -2.17. The summed E-state index contributed by atoms with van der Waals surface area (Å²) in [7, 11) is 1.51. The van der Waals surface area contributed by atoms with Crippen molar-refractivity contribution in [3.8, 4) is 11.5 Å². The van der Waals surface area contributed by atoms with Crippen molar-refractivity contribution in [2.45, 2.75) is 6.92 Å². The van der Waals surface area contributed by atoms with Crippen LogP contribution in [0.25, 0.3) is 0 Å². The number of ketones is 1. The van der Waals surface area contributed by atoms with E-state index >= 15 is 0 Å². The number of halogens is 1. The Morgan fingerprint density at radius 2 is 1.59 bits per heavy atom. The van der Waals surface area contributed by atoms with E-state index in [-0.39, 0.29) is 11.7 Å². The number of carbonyl (C=O) groups is 2. The van der Waals surface area contributed by atoms with Crippen LogP contribution in [-0.2, 0) is 0 Å². The van der Waals surface area contributed by atoms with Crippen LogP contribution >= 0.6 is 0 Å². The maximum absolute atomic E-state index is 12.5. The monoisotopic (exact) mass is 366 g/mol. The van der Waals surface area contributed by atoms with Gasteiger partial charge in [0.1, 0.15) is 17.3 Å². The highest BCUT2D eigenvalue weighted by Gasteiger charge is 2.02. The molecular weight excluding hydrogens is 347 g/mol. The minimum absolute atomic E-state index is 0.0279. The molecule has 6 heteroatoms. The molecule has 27 heavy (non-hydrogen) atoms. The van der Waals surface area contributed by atoms with Gasteiger partial charge in [-0.25, -0.2) is 4.39 Å². The lowest BCUT2D eigenvalue weighted by molar-refractivity contribution is 0.0961. The number of nitrogens with one attached hydrogen (secondary N) is 1. The summed E-state index contributed by atoms with van der Waals surface area (Å²) < 4.78 is 18.1. The van der Waals surface area contributed by atoms with Gasteiger partial charge >= 0.3 is 0 Å².